The lowest BCUT2D eigenvalue weighted by molar-refractivity contribution is 0.0934. The van der Waals surface area contributed by atoms with E-state index in [0.29, 0.717) is 5.69 Å². The molecule has 0 bridgehead atoms. The summed E-state index contributed by atoms with van der Waals surface area (Å²) in [6.45, 7) is 5.82. The largest absolute Gasteiger partial charge is 0.348 e. The van der Waals surface area contributed by atoms with Crippen molar-refractivity contribution in [1.82, 2.24) is 10.3 Å². The van der Waals surface area contributed by atoms with Gasteiger partial charge in [-0.1, -0.05) is 28.9 Å². The zero-order valence-corrected chi connectivity index (χ0v) is 15.5. The number of nitrogens with one attached hydrogen (secondary N) is 2. The molecule has 0 aliphatic carbocycles. The third kappa shape index (κ3) is 4.64. The van der Waals surface area contributed by atoms with Gasteiger partial charge < -0.3 is 10.6 Å². The Morgan fingerprint density at radius 1 is 1.17 bits per heavy atom. The van der Waals surface area contributed by atoms with Gasteiger partial charge in [0.15, 0.2) is 0 Å². The lowest BCUT2D eigenvalue weighted by atomic mass is 10.2. The molecule has 126 valence electrons. The Kier molecular flexibility index (Phi) is 6.09. The molecule has 2 amide bonds. The van der Waals surface area contributed by atoms with Crippen molar-refractivity contribution in [3.63, 3.8) is 0 Å². The van der Waals surface area contributed by atoms with E-state index >= 15 is 0 Å². The molecule has 0 radical (unpaired) electrons. The summed E-state index contributed by atoms with van der Waals surface area (Å²) >= 11 is 3.39. The SMILES string of the molecule is CCC(C)NC(=O)c1cccc(C(=O)Nc2ccc(Br)cc2C)n1. The summed E-state index contributed by atoms with van der Waals surface area (Å²) in [5, 5.41) is 5.66. The quantitative estimate of drug-likeness (QED) is 0.813. The lowest BCUT2D eigenvalue weighted by Crippen LogP contribution is -2.32. The highest BCUT2D eigenvalue weighted by Gasteiger charge is 2.14. The van der Waals surface area contributed by atoms with Gasteiger partial charge in [-0.05, 0) is 56.2 Å². The molecule has 0 aliphatic heterocycles. The molecule has 2 N–H and O–H groups in total. The van der Waals surface area contributed by atoms with Crippen molar-refractivity contribution in [3.8, 4) is 0 Å². The number of pyridine rings is 1. The number of carbonyl (C=O) groups is 2. The van der Waals surface area contributed by atoms with Crippen molar-refractivity contribution in [2.24, 2.45) is 0 Å². The third-order valence-electron chi connectivity index (χ3n) is 3.64. The molecule has 0 aliphatic rings. The maximum Gasteiger partial charge on any atom is 0.274 e. The van der Waals surface area contributed by atoms with Crippen molar-refractivity contribution in [1.29, 1.82) is 0 Å². The summed E-state index contributed by atoms with van der Waals surface area (Å²) in [6, 6.07) is 10.5. The van der Waals surface area contributed by atoms with Gasteiger partial charge in [0.25, 0.3) is 11.8 Å². The third-order valence-corrected chi connectivity index (χ3v) is 4.13. The van der Waals surface area contributed by atoms with Crippen LogP contribution in [0.2, 0.25) is 0 Å². The monoisotopic (exact) mass is 389 g/mol. The van der Waals surface area contributed by atoms with E-state index in [0.717, 1.165) is 16.5 Å². The van der Waals surface area contributed by atoms with Crippen LogP contribution in [0.4, 0.5) is 5.69 Å². The molecule has 0 fully saturated rings. The minimum atomic E-state index is -0.349. The van der Waals surface area contributed by atoms with Crippen LogP contribution in [0.15, 0.2) is 40.9 Å². The first kappa shape index (κ1) is 18.1. The van der Waals surface area contributed by atoms with Gasteiger partial charge in [-0.2, -0.15) is 0 Å². The van der Waals surface area contributed by atoms with E-state index in [4.69, 9.17) is 0 Å². The van der Waals surface area contributed by atoms with Crippen LogP contribution < -0.4 is 10.6 Å². The zero-order valence-electron chi connectivity index (χ0n) is 13.9. The predicted octanol–water partition coefficient (Wildman–Crippen LogP) is 3.93. The highest BCUT2D eigenvalue weighted by Crippen LogP contribution is 2.20. The average molecular weight is 390 g/mol. The number of hydrogen-bond acceptors (Lipinski definition) is 3. The Bertz CT molecular complexity index is 762. The first-order valence-corrected chi connectivity index (χ1v) is 8.55. The summed E-state index contributed by atoms with van der Waals surface area (Å²) < 4.78 is 0.944. The number of amides is 2. The number of rotatable bonds is 5. The molecule has 1 unspecified atom stereocenters. The molecular weight excluding hydrogens is 370 g/mol. The molecule has 1 aromatic carbocycles. The number of aryl methyl sites for hydroxylation is 1. The normalized spacial score (nSPS) is 11.7. The number of anilines is 1. The maximum absolute atomic E-state index is 12.4. The van der Waals surface area contributed by atoms with Gasteiger partial charge in [0.2, 0.25) is 0 Å². The second-order valence-corrected chi connectivity index (χ2v) is 6.52. The molecule has 1 atom stereocenters. The van der Waals surface area contributed by atoms with Crippen LogP contribution in [0, 0.1) is 6.92 Å². The second kappa shape index (κ2) is 8.06. The Morgan fingerprint density at radius 2 is 1.83 bits per heavy atom. The molecule has 1 heterocycles. The average Bonchev–Trinajstić information content (AvgIpc) is 2.57. The van der Waals surface area contributed by atoms with Gasteiger partial charge in [0.1, 0.15) is 11.4 Å². The lowest BCUT2D eigenvalue weighted by Gasteiger charge is -2.12. The van der Waals surface area contributed by atoms with Crippen LogP contribution in [0.25, 0.3) is 0 Å². The van der Waals surface area contributed by atoms with Gasteiger partial charge in [-0.15, -0.1) is 0 Å². The molecule has 2 rings (SSSR count). The fourth-order valence-corrected chi connectivity index (χ4v) is 2.52. The summed E-state index contributed by atoms with van der Waals surface area (Å²) in [6.07, 6.45) is 0.828. The molecule has 0 saturated heterocycles. The van der Waals surface area contributed by atoms with Crippen molar-refractivity contribution in [3.05, 3.63) is 57.8 Å². The van der Waals surface area contributed by atoms with E-state index in [9.17, 15) is 9.59 Å². The highest BCUT2D eigenvalue weighted by molar-refractivity contribution is 9.10. The highest BCUT2D eigenvalue weighted by atomic mass is 79.9. The van der Waals surface area contributed by atoms with Crippen molar-refractivity contribution < 1.29 is 9.59 Å². The number of carbonyl (C=O) groups excluding carboxylic acids is 2. The molecule has 24 heavy (non-hydrogen) atoms. The molecule has 0 spiro atoms. The number of aromatic nitrogens is 1. The zero-order chi connectivity index (χ0) is 17.7. The molecule has 6 heteroatoms. The minimum Gasteiger partial charge on any atom is -0.348 e. The van der Waals surface area contributed by atoms with Gasteiger partial charge in [0, 0.05) is 16.2 Å². The Labute approximate surface area is 150 Å². The summed E-state index contributed by atoms with van der Waals surface area (Å²) in [4.78, 5) is 28.7. The summed E-state index contributed by atoms with van der Waals surface area (Å²) in [5.74, 6) is -0.627. The van der Waals surface area contributed by atoms with E-state index in [1.54, 1.807) is 18.2 Å². The maximum atomic E-state index is 12.4. The second-order valence-electron chi connectivity index (χ2n) is 5.60. The van der Waals surface area contributed by atoms with Gasteiger partial charge in [0.05, 0.1) is 0 Å². The van der Waals surface area contributed by atoms with Gasteiger partial charge in [-0.3, -0.25) is 9.59 Å². The molecule has 0 saturated carbocycles. The van der Waals surface area contributed by atoms with Crippen LogP contribution in [-0.4, -0.2) is 22.8 Å². The van der Waals surface area contributed by atoms with E-state index in [-0.39, 0.29) is 29.2 Å². The van der Waals surface area contributed by atoms with E-state index < -0.39 is 0 Å². The number of nitrogens with zero attached hydrogens (tertiary/aromatic N) is 1. The number of benzene rings is 1. The van der Waals surface area contributed by atoms with E-state index in [1.165, 1.54) is 0 Å². The minimum absolute atomic E-state index is 0.0576. The smallest absolute Gasteiger partial charge is 0.274 e. The fourth-order valence-electron chi connectivity index (χ4n) is 2.04. The molecular formula is C18H20BrN3O2. The van der Waals surface area contributed by atoms with Gasteiger partial charge >= 0.3 is 0 Å². The van der Waals surface area contributed by atoms with Gasteiger partial charge in [-0.25, -0.2) is 4.98 Å². The summed E-state index contributed by atoms with van der Waals surface area (Å²) in [5.41, 5.74) is 2.08. The molecule has 1 aromatic heterocycles. The number of hydrogen-bond donors (Lipinski definition) is 2. The standard InChI is InChI=1S/C18H20BrN3O2/c1-4-12(3)20-17(23)15-6-5-7-16(21-15)18(24)22-14-9-8-13(19)10-11(14)2/h5-10,12H,4H2,1-3H3,(H,20,23)(H,22,24). The Balaban J connectivity index is 2.15. The molecule has 5 nitrogen and oxygen atoms in total. The predicted molar refractivity (Wildman–Crippen MR) is 98.3 cm³/mol. The van der Waals surface area contributed by atoms with E-state index in [2.05, 4.69) is 31.5 Å². The first-order valence-electron chi connectivity index (χ1n) is 7.76. The number of halogens is 1. The first-order chi connectivity index (χ1) is 11.4. The van der Waals surface area contributed by atoms with Crippen LogP contribution in [-0.2, 0) is 0 Å². The Hall–Kier alpha value is -2.21. The molecule has 2 aromatic rings. The van der Waals surface area contributed by atoms with Crippen molar-refractivity contribution in [2.75, 3.05) is 5.32 Å². The van der Waals surface area contributed by atoms with Crippen LogP contribution >= 0.6 is 15.9 Å². The van der Waals surface area contributed by atoms with Crippen molar-refractivity contribution >= 4 is 33.4 Å². The van der Waals surface area contributed by atoms with Crippen molar-refractivity contribution in [2.45, 2.75) is 33.2 Å². The van der Waals surface area contributed by atoms with Crippen LogP contribution in [0.5, 0.6) is 0 Å². The van der Waals surface area contributed by atoms with Crippen LogP contribution in [0.1, 0.15) is 46.8 Å². The summed E-state index contributed by atoms with van der Waals surface area (Å²) in [7, 11) is 0. The fraction of sp³-hybridized carbons (Fsp3) is 0.278. The Morgan fingerprint density at radius 3 is 2.46 bits per heavy atom. The van der Waals surface area contributed by atoms with E-state index in [1.807, 2.05) is 39.0 Å². The van der Waals surface area contributed by atoms with Crippen LogP contribution in [0.3, 0.4) is 0 Å². The topological polar surface area (TPSA) is 71.1 Å².